The van der Waals surface area contributed by atoms with Crippen molar-refractivity contribution >= 4 is 23.2 Å². The van der Waals surface area contributed by atoms with Gasteiger partial charge in [-0.2, -0.15) is 0 Å². The average Bonchev–Trinajstić information content (AvgIpc) is 2.69. The van der Waals surface area contributed by atoms with E-state index in [2.05, 4.69) is 33.6 Å². The Kier molecular flexibility index (Phi) is 6.44. The Labute approximate surface area is 171 Å². The summed E-state index contributed by atoms with van der Waals surface area (Å²) in [6.45, 7) is 7.81. The average molecular weight is 390 g/mol. The predicted molar refractivity (Wildman–Crippen MR) is 116 cm³/mol. The minimum Gasteiger partial charge on any atom is -0.489 e. The summed E-state index contributed by atoms with van der Waals surface area (Å²) in [6.07, 6.45) is 0.887. The summed E-state index contributed by atoms with van der Waals surface area (Å²) < 4.78 is 5.77. The molecule has 29 heavy (non-hydrogen) atoms. The van der Waals surface area contributed by atoms with Gasteiger partial charge in [-0.05, 0) is 57.0 Å². The highest BCUT2D eigenvalue weighted by Gasteiger charge is 2.14. The zero-order chi connectivity index (χ0) is 20.8. The van der Waals surface area contributed by atoms with Crippen LogP contribution >= 0.6 is 0 Å². The van der Waals surface area contributed by atoms with E-state index in [4.69, 9.17) is 4.74 Å². The van der Waals surface area contributed by atoms with Gasteiger partial charge in [0.05, 0.1) is 11.8 Å². The van der Waals surface area contributed by atoms with Crippen molar-refractivity contribution in [2.75, 3.05) is 10.6 Å². The van der Waals surface area contributed by atoms with Gasteiger partial charge in [-0.15, -0.1) is 0 Å². The summed E-state index contributed by atoms with van der Waals surface area (Å²) in [5.41, 5.74) is 3.68. The number of para-hydroxylation sites is 3. The molecule has 1 aromatic heterocycles. The number of aryl methyl sites for hydroxylation is 2. The molecule has 1 amide bonds. The van der Waals surface area contributed by atoms with Crippen LogP contribution in [0, 0.1) is 6.92 Å². The van der Waals surface area contributed by atoms with Crippen LogP contribution in [-0.4, -0.2) is 22.0 Å². The van der Waals surface area contributed by atoms with E-state index >= 15 is 0 Å². The Morgan fingerprint density at radius 2 is 1.72 bits per heavy atom. The number of aromatic nitrogens is 2. The third-order valence-corrected chi connectivity index (χ3v) is 4.23. The summed E-state index contributed by atoms with van der Waals surface area (Å²) >= 11 is 0. The summed E-state index contributed by atoms with van der Waals surface area (Å²) in [7, 11) is 0. The molecule has 6 nitrogen and oxygen atoms in total. The monoisotopic (exact) mass is 390 g/mol. The fourth-order valence-corrected chi connectivity index (χ4v) is 2.92. The van der Waals surface area contributed by atoms with Gasteiger partial charge in [0.25, 0.3) is 5.91 Å². The maximum Gasteiger partial charge on any atom is 0.274 e. The molecule has 0 fully saturated rings. The zero-order valence-electron chi connectivity index (χ0n) is 17.2. The van der Waals surface area contributed by atoms with E-state index in [0.717, 1.165) is 17.7 Å². The molecule has 3 rings (SSSR count). The van der Waals surface area contributed by atoms with Gasteiger partial charge in [-0.1, -0.05) is 37.3 Å². The molecule has 2 N–H and O–H groups in total. The van der Waals surface area contributed by atoms with Gasteiger partial charge in [-0.25, -0.2) is 9.97 Å². The Morgan fingerprint density at radius 1 is 1.03 bits per heavy atom. The van der Waals surface area contributed by atoms with Gasteiger partial charge in [0, 0.05) is 11.4 Å². The molecule has 3 aromatic rings. The molecule has 0 spiro atoms. The number of nitrogens with zero attached hydrogens (tertiary/aromatic N) is 2. The van der Waals surface area contributed by atoms with Crippen molar-refractivity contribution in [1.82, 2.24) is 9.97 Å². The quantitative estimate of drug-likeness (QED) is 0.585. The van der Waals surface area contributed by atoms with Crippen molar-refractivity contribution in [3.05, 3.63) is 71.5 Å². The van der Waals surface area contributed by atoms with E-state index in [1.165, 1.54) is 0 Å². The molecule has 0 unspecified atom stereocenters. The lowest BCUT2D eigenvalue weighted by Crippen LogP contribution is -2.17. The van der Waals surface area contributed by atoms with Crippen LogP contribution in [0.2, 0.25) is 0 Å². The first kappa shape index (κ1) is 20.3. The molecule has 0 saturated carbocycles. The summed E-state index contributed by atoms with van der Waals surface area (Å²) in [4.78, 5) is 21.7. The number of benzene rings is 2. The first-order chi connectivity index (χ1) is 14.0. The topological polar surface area (TPSA) is 76.1 Å². The molecule has 2 aromatic carbocycles. The summed E-state index contributed by atoms with van der Waals surface area (Å²) in [6, 6.07) is 17.0. The van der Waals surface area contributed by atoms with Crippen LogP contribution in [0.5, 0.6) is 5.75 Å². The molecule has 0 aliphatic heterocycles. The standard InChI is InChI=1S/C23H26N4O2/c1-5-17-10-6-7-11-18(17)26-23-24-16(4)14-20(27-23)22(28)25-19-12-8-9-13-21(19)29-15(2)3/h6-15H,5H2,1-4H3,(H,25,28)(H,24,26,27). The summed E-state index contributed by atoms with van der Waals surface area (Å²) in [5.74, 6) is 0.696. The highest BCUT2D eigenvalue weighted by Crippen LogP contribution is 2.25. The first-order valence-electron chi connectivity index (χ1n) is 9.74. The van der Waals surface area contributed by atoms with Crippen molar-refractivity contribution in [3.63, 3.8) is 0 Å². The highest BCUT2D eigenvalue weighted by molar-refractivity contribution is 6.03. The van der Waals surface area contributed by atoms with Crippen molar-refractivity contribution in [1.29, 1.82) is 0 Å². The number of carbonyl (C=O) groups excluding carboxylic acids is 1. The van der Waals surface area contributed by atoms with Gasteiger partial charge in [0.1, 0.15) is 11.4 Å². The lowest BCUT2D eigenvalue weighted by Gasteiger charge is -2.15. The number of nitrogens with one attached hydrogen (secondary N) is 2. The van der Waals surface area contributed by atoms with E-state index in [-0.39, 0.29) is 17.7 Å². The molecule has 150 valence electrons. The fraction of sp³-hybridized carbons (Fsp3) is 0.261. The molecular formula is C23H26N4O2. The van der Waals surface area contributed by atoms with E-state index in [0.29, 0.717) is 23.1 Å². The summed E-state index contributed by atoms with van der Waals surface area (Å²) in [5, 5.41) is 6.13. The van der Waals surface area contributed by atoms with E-state index in [1.54, 1.807) is 12.1 Å². The predicted octanol–water partition coefficient (Wildman–Crippen LogP) is 5.13. The number of hydrogen-bond acceptors (Lipinski definition) is 5. The maximum atomic E-state index is 12.8. The van der Waals surface area contributed by atoms with Crippen LogP contribution in [0.15, 0.2) is 54.6 Å². The van der Waals surface area contributed by atoms with E-state index in [9.17, 15) is 4.79 Å². The Bertz CT molecular complexity index is 1000. The Morgan fingerprint density at radius 3 is 2.45 bits per heavy atom. The largest absolute Gasteiger partial charge is 0.489 e. The van der Waals surface area contributed by atoms with Crippen LogP contribution in [0.25, 0.3) is 0 Å². The van der Waals surface area contributed by atoms with Crippen molar-refractivity contribution in [3.8, 4) is 5.75 Å². The fourth-order valence-electron chi connectivity index (χ4n) is 2.92. The second-order valence-electron chi connectivity index (χ2n) is 6.97. The number of carbonyl (C=O) groups is 1. The molecule has 0 aliphatic rings. The van der Waals surface area contributed by atoms with E-state index in [1.807, 2.05) is 57.2 Å². The lowest BCUT2D eigenvalue weighted by atomic mass is 10.1. The molecule has 0 saturated heterocycles. The Balaban J connectivity index is 1.84. The number of rotatable bonds is 7. The zero-order valence-corrected chi connectivity index (χ0v) is 17.2. The number of ether oxygens (including phenoxy) is 1. The van der Waals surface area contributed by atoms with Crippen molar-refractivity contribution in [2.45, 2.75) is 40.2 Å². The maximum absolute atomic E-state index is 12.8. The van der Waals surface area contributed by atoms with Gasteiger partial charge in [0.2, 0.25) is 5.95 Å². The molecule has 0 bridgehead atoms. The highest BCUT2D eigenvalue weighted by atomic mass is 16.5. The van der Waals surface area contributed by atoms with Crippen molar-refractivity contribution < 1.29 is 9.53 Å². The van der Waals surface area contributed by atoms with Crippen LogP contribution in [-0.2, 0) is 6.42 Å². The molecule has 0 aliphatic carbocycles. The first-order valence-corrected chi connectivity index (χ1v) is 9.74. The minimum atomic E-state index is -0.317. The van der Waals surface area contributed by atoms with Crippen LogP contribution in [0.1, 0.15) is 42.5 Å². The molecule has 6 heteroatoms. The second-order valence-corrected chi connectivity index (χ2v) is 6.97. The lowest BCUT2D eigenvalue weighted by molar-refractivity contribution is 0.102. The van der Waals surface area contributed by atoms with Gasteiger partial charge in [-0.3, -0.25) is 4.79 Å². The van der Waals surface area contributed by atoms with Gasteiger partial charge in [0.15, 0.2) is 0 Å². The van der Waals surface area contributed by atoms with Gasteiger partial charge >= 0.3 is 0 Å². The van der Waals surface area contributed by atoms with Crippen LogP contribution in [0.3, 0.4) is 0 Å². The normalized spacial score (nSPS) is 10.7. The van der Waals surface area contributed by atoms with Crippen LogP contribution in [0.4, 0.5) is 17.3 Å². The Hall–Kier alpha value is -3.41. The van der Waals surface area contributed by atoms with Crippen LogP contribution < -0.4 is 15.4 Å². The third kappa shape index (κ3) is 5.31. The van der Waals surface area contributed by atoms with Gasteiger partial charge < -0.3 is 15.4 Å². The molecular weight excluding hydrogens is 364 g/mol. The third-order valence-electron chi connectivity index (χ3n) is 4.23. The smallest absolute Gasteiger partial charge is 0.274 e. The number of amides is 1. The minimum absolute atomic E-state index is 0.00350. The number of hydrogen-bond donors (Lipinski definition) is 2. The van der Waals surface area contributed by atoms with E-state index < -0.39 is 0 Å². The number of anilines is 3. The molecule has 0 atom stereocenters. The molecule has 1 heterocycles. The SMILES string of the molecule is CCc1ccccc1Nc1nc(C)cc(C(=O)Nc2ccccc2OC(C)C)n1. The molecule has 0 radical (unpaired) electrons. The van der Waals surface area contributed by atoms with Crippen molar-refractivity contribution in [2.24, 2.45) is 0 Å². The second kappa shape index (κ2) is 9.19.